The second-order valence-corrected chi connectivity index (χ2v) is 6.08. The zero-order chi connectivity index (χ0) is 16.6. The molecule has 24 heavy (non-hydrogen) atoms. The summed E-state index contributed by atoms with van der Waals surface area (Å²) in [5.74, 6) is -0.392. The summed E-state index contributed by atoms with van der Waals surface area (Å²) in [6.45, 7) is 2.99. The number of fused-ring (bicyclic) bond motifs is 1. The van der Waals surface area contributed by atoms with Gasteiger partial charge in [-0.25, -0.2) is 9.97 Å². The number of aryl methyl sites for hydroxylation is 1. The Morgan fingerprint density at radius 2 is 2.00 bits per heavy atom. The molecule has 2 aliphatic heterocycles. The minimum atomic E-state index is -0.470. The number of rotatable bonds is 3. The number of nitrogens with zero attached hydrogens (tertiary/aromatic N) is 4. The molecular formula is C15H19N5O4. The lowest BCUT2D eigenvalue weighted by atomic mass is 10.0. The topological polar surface area (TPSA) is 102 Å². The van der Waals surface area contributed by atoms with Crippen LogP contribution >= 0.6 is 0 Å². The molecule has 0 radical (unpaired) electrons. The summed E-state index contributed by atoms with van der Waals surface area (Å²) in [5.41, 5.74) is 0.514. The van der Waals surface area contributed by atoms with E-state index in [2.05, 4.69) is 15.0 Å². The molecule has 128 valence electrons. The van der Waals surface area contributed by atoms with Crippen LogP contribution in [0.15, 0.2) is 17.4 Å². The Kier molecular flexibility index (Phi) is 3.81. The fraction of sp³-hybridized carbons (Fsp3) is 0.600. The molecule has 0 aliphatic carbocycles. The summed E-state index contributed by atoms with van der Waals surface area (Å²) in [5, 5.41) is 0. The third-order valence-electron chi connectivity index (χ3n) is 4.67. The van der Waals surface area contributed by atoms with Gasteiger partial charge in [0.05, 0.1) is 25.9 Å². The quantitative estimate of drug-likeness (QED) is 0.840. The van der Waals surface area contributed by atoms with Gasteiger partial charge in [0, 0.05) is 38.9 Å². The van der Waals surface area contributed by atoms with Crippen molar-refractivity contribution in [3.63, 3.8) is 0 Å². The minimum absolute atomic E-state index is 0.0783. The van der Waals surface area contributed by atoms with Gasteiger partial charge >= 0.3 is 0 Å². The number of hydrogen-bond donors (Lipinski definition) is 1. The highest BCUT2D eigenvalue weighted by Crippen LogP contribution is 2.31. The van der Waals surface area contributed by atoms with Crippen LogP contribution in [0.4, 0.5) is 0 Å². The first-order chi connectivity index (χ1) is 11.7. The molecule has 9 heteroatoms. The van der Waals surface area contributed by atoms with E-state index in [1.165, 1.54) is 6.33 Å². The normalized spacial score (nSPS) is 20.1. The van der Waals surface area contributed by atoms with Gasteiger partial charge in [-0.2, -0.15) is 0 Å². The van der Waals surface area contributed by atoms with E-state index in [0.717, 1.165) is 0 Å². The number of hydrogen-bond acceptors (Lipinski definition) is 6. The number of likely N-dealkylation sites (tertiary alicyclic amines) is 1. The van der Waals surface area contributed by atoms with E-state index < -0.39 is 5.79 Å². The summed E-state index contributed by atoms with van der Waals surface area (Å²) >= 11 is 0. The molecule has 1 N–H and O–H groups in total. The molecule has 9 nitrogen and oxygen atoms in total. The van der Waals surface area contributed by atoms with Crippen LogP contribution in [0.2, 0.25) is 0 Å². The fourth-order valence-corrected chi connectivity index (χ4v) is 3.31. The van der Waals surface area contributed by atoms with Crippen LogP contribution in [0.1, 0.15) is 19.3 Å². The zero-order valence-electron chi connectivity index (χ0n) is 13.2. The number of amides is 1. The van der Waals surface area contributed by atoms with Gasteiger partial charge in [-0.3, -0.25) is 9.59 Å². The Bertz CT molecular complexity index is 798. The van der Waals surface area contributed by atoms with E-state index in [1.807, 2.05) is 4.90 Å². The average Bonchev–Trinajstić information content (AvgIpc) is 3.22. The van der Waals surface area contributed by atoms with Crippen LogP contribution in [-0.4, -0.2) is 62.4 Å². The molecule has 2 fully saturated rings. The number of carbonyl (C=O) groups excluding carboxylic acids is 1. The molecule has 4 rings (SSSR count). The lowest BCUT2D eigenvalue weighted by Crippen LogP contribution is -2.47. The molecule has 0 unspecified atom stereocenters. The van der Waals surface area contributed by atoms with Crippen molar-refractivity contribution in [3.05, 3.63) is 23.0 Å². The van der Waals surface area contributed by atoms with Crippen LogP contribution in [0.5, 0.6) is 0 Å². The van der Waals surface area contributed by atoms with E-state index in [0.29, 0.717) is 63.3 Å². The van der Waals surface area contributed by atoms with Gasteiger partial charge in [0.2, 0.25) is 5.91 Å². The number of H-pyrrole nitrogens is 1. The minimum Gasteiger partial charge on any atom is -0.347 e. The zero-order valence-corrected chi connectivity index (χ0v) is 13.2. The first-order valence-electron chi connectivity index (χ1n) is 8.11. The third kappa shape index (κ3) is 2.69. The van der Waals surface area contributed by atoms with Gasteiger partial charge < -0.3 is 23.9 Å². The van der Waals surface area contributed by atoms with Gasteiger partial charge in [0.1, 0.15) is 0 Å². The summed E-state index contributed by atoms with van der Waals surface area (Å²) < 4.78 is 13.1. The highest BCUT2D eigenvalue weighted by molar-refractivity contribution is 5.76. The molecule has 1 spiro atoms. The molecule has 0 saturated carbocycles. The van der Waals surface area contributed by atoms with Crippen molar-refractivity contribution < 1.29 is 14.3 Å². The van der Waals surface area contributed by atoms with Crippen molar-refractivity contribution in [2.45, 2.75) is 31.6 Å². The van der Waals surface area contributed by atoms with Crippen LogP contribution in [0, 0.1) is 0 Å². The number of nitrogens with one attached hydrogen (secondary N) is 1. The van der Waals surface area contributed by atoms with E-state index in [-0.39, 0.29) is 11.5 Å². The number of aromatic nitrogens is 4. The molecule has 2 aromatic rings. The number of aromatic amines is 1. The number of imidazole rings is 1. The molecule has 0 atom stereocenters. The maximum absolute atomic E-state index is 12.4. The van der Waals surface area contributed by atoms with Crippen molar-refractivity contribution in [1.29, 1.82) is 0 Å². The van der Waals surface area contributed by atoms with Crippen molar-refractivity contribution in [3.8, 4) is 0 Å². The Balaban J connectivity index is 1.36. The van der Waals surface area contributed by atoms with Gasteiger partial charge in [0.15, 0.2) is 17.0 Å². The highest BCUT2D eigenvalue weighted by atomic mass is 16.7. The fourth-order valence-electron chi connectivity index (χ4n) is 3.31. The number of carbonyl (C=O) groups is 1. The van der Waals surface area contributed by atoms with E-state index in [4.69, 9.17) is 9.47 Å². The van der Waals surface area contributed by atoms with Crippen molar-refractivity contribution in [2.75, 3.05) is 26.3 Å². The average molecular weight is 333 g/mol. The van der Waals surface area contributed by atoms with E-state index in [1.54, 1.807) is 10.9 Å². The molecule has 2 saturated heterocycles. The van der Waals surface area contributed by atoms with E-state index in [9.17, 15) is 9.59 Å². The van der Waals surface area contributed by atoms with Gasteiger partial charge in [0.25, 0.3) is 5.56 Å². The van der Waals surface area contributed by atoms with Crippen LogP contribution in [0.3, 0.4) is 0 Å². The first-order valence-corrected chi connectivity index (χ1v) is 8.11. The number of ether oxygens (including phenoxy) is 2. The standard InChI is InChI=1S/C15H19N5O4/c21-11(19-5-2-15(3-6-19)23-7-8-24-15)1-4-20-10-18-12-13(20)16-9-17-14(12)22/h9-10H,1-8H2,(H,16,17,22). The Hall–Kier alpha value is -2.26. The van der Waals surface area contributed by atoms with Crippen LogP contribution < -0.4 is 5.56 Å². The van der Waals surface area contributed by atoms with Gasteiger partial charge in [-0.15, -0.1) is 0 Å². The maximum Gasteiger partial charge on any atom is 0.278 e. The molecule has 1 amide bonds. The molecule has 2 aliphatic rings. The van der Waals surface area contributed by atoms with E-state index >= 15 is 0 Å². The molecule has 0 bridgehead atoms. The number of piperidine rings is 1. The lowest BCUT2D eigenvalue weighted by molar-refractivity contribution is -0.187. The summed E-state index contributed by atoms with van der Waals surface area (Å²) in [6, 6.07) is 0. The van der Waals surface area contributed by atoms with Gasteiger partial charge in [-0.1, -0.05) is 0 Å². The highest BCUT2D eigenvalue weighted by Gasteiger charge is 2.40. The lowest BCUT2D eigenvalue weighted by Gasteiger charge is -2.37. The molecule has 4 heterocycles. The molecular weight excluding hydrogens is 314 g/mol. The Morgan fingerprint density at radius 1 is 1.25 bits per heavy atom. The monoisotopic (exact) mass is 333 g/mol. The second-order valence-electron chi connectivity index (χ2n) is 6.08. The predicted octanol–water partition coefficient (Wildman–Crippen LogP) is -0.125. The van der Waals surface area contributed by atoms with Crippen molar-refractivity contribution in [2.24, 2.45) is 0 Å². The van der Waals surface area contributed by atoms with Crippen molar-refractivity contribution >= 4 is 17.1 Å². The smallest absolute Gasteiger partial charge is 0.278 e. The van der Waals surface area contributed by atoms with Crippen molar-refractivity contribution in [1.82, 2.24) is 24.4 Å². The first kappa shape index (κ1) is 15.3. The Morgan fingerprint density at radius 3 is 2.75 bits per heavy atom. The summed E-state index contributed by atoms with van der Waals surface area (Å²) in [7, 11) is 0. The maximum atomic E-state index is 12.4. The predicted molar refractivity (Wildman–Crippen MR) is 83.2 cm³/mol. The SMILES string of the molecule is O=C(CCn1cnc2c(=O)[nH]cnc21)N1CCC2(CC1)OCCO2. The largest absolute Gasteiger partial charge is 0.347 e. The van der Waals surface area contributed by atoms with Crippen LogP contribution in [0.25, 0.3) is 11.2 Å². The summed E-state index contributed by atoms with van der Waals surface area (Å²) in [4.78, 5) is 36.6. The summed E-state index contributed by atoms with van der Waals surface area (Å²) in [6.07, 6.45) is 4.66. The Labute approximate surface area is 137 Å². The van der Waals surface area contributed by atoms with Gasteiger partial charge in [-0.05, 0) is 0 Å². The van der Waals surface area contributed by atoms with Crippen LogP contribution in [-0.2, 0) is 20.8 Å². The second kappa shape index (κ2) is 5.99. The molecule has 2 aromatic heterocycles. The third-order valence-corrected chi connectivity index (χ3v) is 4.67. The molecule has 0 aromatic carbocycles.